The summed E-state index contributed by atoms with van der Waals surface area (Å²) < 4.78 is 11.1. The molecule has 1 aliphatic rings. The highest BCUT2D eigenvalue weighted by molar-refractivity contribution is 5.84. The van der Waals surface area contributed by atoms with E-state index in [1.54, 1.807) is 16.1 Å². The summed E-state index contributed by atoms with van der Waals surface area (Å²) in [5.41, 5.74) is 0. The Hall–Kier alpha value is -2.02. The largest absolute Gasteiger partial charge is 0.467 e. The molecule has 0 aliphatic carbocycles. The highest BCUT2D eigenvalue weighted by atomic mass is 16.5. The molecule has 7 nitrogen and oxygen atoms in total. The van der Waals surface area contributed by atoms with E-state index >= 15 is 0 Å². The Morgan fingerprint density at radius 3 is 2.74 bits per heavy atom. The number of carbonyl (C=O) groups is 2. The normalized spacial score (nSPS) is 16.3. The number of amides is 3. The van der Waals surface area contributed by atoms with Gasteiger partial charge in [0.25, 0.3) is 0 Å². The van der Waals surface area contributed by atoms with Gasteiger partial charge in [-0.3, -0.25) is 4.79 Å². The second kappa shape index (κ2) is 11.6. The van der Waals surface area contributed by atoms with Crippen LogP contribution in [0.5, 0.6) is 0 Å². The molecule has 1 N–H and O–H groups in total. The van der Waals surface area contributed by atoms with Crippen LogP contribution in [-0.4, -0.2) is 60.6 Å². The van der Waals surface area contributed by atoms with Crippen LogP contribution in [0.15, 0.2) is 22.8 Å². The van der Waals surface area contributed by atoms with Gasteiger partial charge >= 0.3 is 6.03 Å². The van der Waals surface area contributed by atoms with Gasteiger partial charge in [-0.1, -0.05) is 20.3 Å². The molecule has 1 aromatic rings. The van der Waals surface area contributed by atoms with Crippen LogP contribution in [-0.2, 0) is 16.1 Å². The zero-order valence-corrected chi connectivity index (χ0v) is 16.6. The molecule has 1 fully saturated rings. The second-order valence-corrected chi connectivity index (χ2v) is 7.00. The molecule has 1 saturated heterocycles. The van der Waals surface area contributed by atoms with Gasteiger partial charge in [0, 0.05) is 26.2 Å². The van der Waals surface area contributed by atoms with Gasteiger partial charge < -0.3 is 24.3 Å². The summed E-state index contributed by atoms with van der Waals surface area (Å²) in [6.07, 6.45) is 6.40. The SMILES string of the molecule is CCCCNC(=O)N(CCC)CC(=O)N(Cc1ccco1)C[C@@H]1CCCO1. The number of hydrogen-bond donors (Lipinski definition) is 1. The van der Waals surface area contributed by atoms with Crippen LogP contribution in [0.25, 0.3) is 0 Å². The van der Waals surface area contributed by atoms with Crippen molar-refractivity contribution >= 4 is 11.9 Å². The lowest BCUT2D eigenvalue weighted by Crippen LogP contribution is -2.48. The average Bonchev–Trinajstić information content (AvgIpc) is 3.35. The number of furan rings is 1. The van der Waals surface area contributed by atoms with Crippen LogP contribution in [0.1, 0.15) is 51.7 Å². The summed E-state index contributed by atoms with van der Waals surface area (Å²) in [6.45, 7) is 7.00. The first-order chi connectivity index (χ1) is 13.1. The summed E-state index contributed by atoms with van der Waals surface area (Å²) in [5, 5.41) is 2.90. The number of hydrogen-bond acceptors (Lipinski definition) is 4. The Morgan fingerprint density at radius 1 is 1.26 bits per heavy atom. The average molecular weight is 380 g/mol. The fraction of sp³-hybridized carbons (Fsp3) is 0.700. The van der Waals surface area contributed by atoms with Crippen LogP contribution in [0.4, 0.5) is 4.79 Å². The molecule has 2 heterocycles. The fourth-order valence-corrected chi connectivity index (χ4v) is 3.15. The van der Waals surface area contributed by atoms with E-state index in [2.05, 4.69) is 12.2 Å². The molecule has 152 valence electrons. The Morgan fingerprint density at radius 2 is 2.11 bits per heavy atom. The van der Waals surface area contributed by atoms with E-state index in [1.807, 2.05) is 19.1 Å². The molecule has 0 radical (unpaired) electrons. The summed E-state index contributed by atoms with van der Waals surface area (Å²) in [4.78, 5) is 28.8. The standard InChI is InChI=1S/C20H33N3O4/c1-3-5-10-21-20(25)22(11-4-2)16-19(24)23(14-17-8-6-12-26-17)15-18-9-7-13-27-18/h6,8,12,18H,3-5,7,9-11,13-16H2,1-2H3,(H,21,25)/t18-/m0/s1. The van der Waals surface area contributed by atoms with Crippen LogP contribution >= 0.6 is 0 Å². The van der Waals surface area contributed by atoms with Crippen molar-refractivity contribution in [3.63, 3.8) is 0 Å². The number of unbranched alkanes of at least 4 members (excludes halogenated alkanes) is 1. The van der Waals surface area contributed by atoms with Crippen molar-refractivity contribution < 1.29 is 18.7 Å². The first kappa shape index (κ1) is 21.3. The molecular weight excluding hydrogens is 346 g/mol. The molecule has 27 heavy (non-hydrogen) atoms. The van der Waals surface area contributed by atoms with E-state index in [0.717, 1.165) is 44.5 Å². The van der Waals surface area contributed by atoms with Crippen molar-refractivity contribution in [1.29, 1.82) is 0 Å². The number of nitrogens with zero attached hydrogens (tertiary/aromatic N) is 2. The van der Waals surface area contributed by atoms with Crippen LogP contribution in [0.3, 0.4) is 0 Å². The lowest BCUT2D eigenvalue weighted by Gasteiger charge is -2.28. The van der Waals surface area contributed by atoms with Gasteiger partial charge in [0.1, 0.15) is 12.3 Å². The maximum atomic E-state index is 13.0. The second-order valence-electron chi connectivity index (χ2n) is 7.00. The highest BCUT2D eigenvalue weighted by Gasteiger charge is 2.26. The van der Waals surface area contributed by atoms with Gasteiger partial charge in [0.05, 0.1) is 18.9 Å². The Bertz CT molecular complexity index is 556. The van der Waals surface area contributed by atoms with Crippen molar-refractivity contribution in [3.8, 4) is 0 Å². The van der Waals surface area contributed by atoms with Gasteiger partial charge in [0.2, 0.25) is 5.91 Å². The molecule has 0 spiro atoms. The zero-order valence-electron chi connectivity index (χ0n) is 16.6. The number of rotatable bonds is 11. The third-order valence-electron chi connectivity index (χ3n) is 4.64. The summed E-state index contributed by atoms with van der Waals surface area (Å²) >= 11 is 0. The predicted molar refractivity (Wildman–Crippen MR) is 103 cm³/mol. The number of carbonyl (C=O) groups excluding carboxylic acids is 2. The smallest absolute Gasteiger partial charge is 0.317 e. The Labute approximate surface area is 162 Å². The molecular formula is C20H33N3O4. The lowest BCUT2D eigenvalue weighted by atomic mass is 10.2. The quantitative estimate of drug-likeness (QED) is 0.600. The third kappa shape index (κ3) is 7.25. The molecule has 7 heteroatoms. The summed E-state index contributed by atoms with van der Waals surface area (Å²) in [7, 11) is 0. The predicted octanol–water partition coefficient (Wildman–Crippen LogP) is 3.01. The summed E-state index contributed by atoms with van der Waals surface area (Å²) in [6, 6.07) is 3.50. The van der Waals surface area contributed by atoms with Gasteiger partial charge in [0.15, 0.2) is 0 Å². The monoisotopic (exact) mass is 379 g/mol. The number of urea groups is 1. The van der Waals surface area contributed by atoms with E-state index in [1.165, 1.54) is 0 Å². The number of ether oxygens (including phenoxy) is 1. The number of nitrogens with one attached hydrogen (secondary N) is 1. The minimum Gasteiger partial charge on any atom is -0.467 e. The molecule has 0 saturated carbocycles. The van der Waals surface area contributed by atoms with E-state index in [0.29, 0.717) is 26.2 Å². The minimum atomic E-state index is -0.172. The van der Waals surface area contributed by atoms with Gasteiger partial charge in [-0.05, 0) is 37.8 Å². The molecule has 0 aromatic carbocycles. The molecule has 1 atom stereocenters. The third-order valence-corrected chi connectivity index (χ3v) is 4.64. The maximum Gasteiger partial charge on any atom is 0.317 e. The summed E-state index contributed by atoms with van der Waals surface area (Å²) in [5.74, 6) is 0.650. The van der Waals surface area contributed by atoms with Crippen LogP contribution in [0, 0.1) is 0 Å². The minimum absolute atomic E-state index is 0.0573. The Balaban J connectivity index is 1.98. The molecule has 3 amide bonds. The van der Waals surface area contributed by atoms with Crippen molar-refractivity contribution in [2.24, 2.45) is 0 Å². The molecule has 0 bridgehead atoms. The van der Waals surface area contributed by atoms with Crippen LogP contribution < -0.4 is 5.32 Å². The fourth-order valence-electron chi connectivity index (χ4n) is 3.15. The topological polar surface area (TPSA) is 75.0 Å². The highest BCUT2D eigenvalue weighted by Crippen LogP contribution is 2.16. The van der Waals surface area contributed by atoms with Crippen LogP contribution in [0.2, 0.25) is 0 Å². The molecule has 1 aromatic heterocycles. The van der Waals surface area contributed by atoms with Crippen molar-refractivity contribution in [3.05, 3.63) is 24.2 Å². The van der Waals surface area contributed by atoms with Crippen molar-refractivity contribution in [2.75, 3.05) is 32.8 Å². The van der Waals surface area contributed by atoms with Crippen molar-refractivity contribution in [1.82, 2.24) is 15.1 Å². The molecule has 1 aliphatic heterocycles. The maximum absolute atomic E-state index is 13.0. The Kier molecular flexibility index (Phi) is 9.18. The van der Waals surface area contributed by atoms with Gasteiger partial charge in [-0.2, -0.15) is 0 Å². The zero-order chi connectivity index (χ0) is 19.5. The van der Waals surface area contributed by atoms with Gasteiger partial charge in [-0.25, -0.2) is 4.79 Å². The van der Waals surface area contributed by atoms with E-state index in [9.17, 15) is 9.59 Å². The van der Waals surface area contributed by atoms with E-state index in [-0.39, 0.29) is 24.6 Å². The molecule has 0 unspecified atom stereocenters. The lowest BCUT2D eigenvalue weighted by molar-refractivity contribution is -0.134. The first-order valence-corrected chi connectivity index (χ1v) is 10.1. The van der Waals surface area contributed by atoms with E-state index in [4.69, 9.17) is 9.15 Å². The van der Waals surface area contributed by atoms with E-state index < -0.39 is 0 Å². The van der Waals surface area contributed by atoms with Gasteiger partial charge in [-0.15, -0.1) is 0 Å². The first-order valence-electron chi connectivity index (χ1n) is 10.1. The molecule has 2 rings (SSSR count). The van der Waals surface area contributed by atoms with Crippen molar-refractivity contribution in [2.45, 2.75) is 58.6 Å².